The highest BCUT2D eigenvalue weighted by Gasteiger charge is 2.49. The molecule has 1 fully saturated rings. The Morgan fingerprint density at radius 3 is 3.09 bits per heavy atom. The molecule has 0 saturated heterocycles. The molecule has 0 radical (unpaired) electrons. The van der Waals surface area contributed by atoms with Gasteiger partial charge in [0, 0.05) is 11.0 Å². The van der Waals surface area contributed by atoms with Gasteiger partial charge >= 0.3 is 0 Å². The monoisotopic (exact) mass is 149 g/mol. The van der Waals surface area contributed by atoms with Gasteiger partial charge in [0.15, 0.2) is 0 Å². The van der Waals surface area contributed by atoms with Crippen LogP contribution in [0.3, 0.4) is 0 Å². The summed E-state index contributed by atoms with van der Waals surface area (Å²) in [5.74, 6) is 1.21. The summed E-state index contributed by atoms with van der Waals surface area (Å²) in [4.78, 5) is 0. The van der Waals surface area contributed by atoms with Gasteiger partial charge in [-0.15, -0.1) is 0 Å². The standard InChI is InChI=1S/C9H11NO/c1-2-7-6-10-11-8(7)9(3-1)4-5-9/h6H,1-5H2. The number of rotatable bonds is 0. The van der Waals surface area contributed by atoms with E-state index in [-0.39, 0.29) is 0 Å². The minimum atomic E-state index is 0.462. The fourth-order valence-corrected chi connectivity index (χ4v) is 2.23. The van der Waals surface area contributed by atoms with Gasteiger partial charge in [-0.25, -0.2) is 0 Å². The van der Waals surface area contributed by atoms with E-state index in [4.69, 9.17) is 4.52 Å². The minimum absolute atomic E-state index is 0.462. The Balaban J connectivity index is 2.16. The number of hydrogen-bond donors (Lipinski definition) is 0. The maximum Gasteiger partial charge on any atom is 0.146 e. The van der Waals surface area contributed by atoms with Crippen LogP contribution >= 0.6 is 0 Å². The second-order valence-corrected chi connectivity index (χ2v) is 3.81. The molecule has 2 aliphatic rings. The van der Waals surface area contributed by atoms with E-state index in [9.17, 15) is 0 Å². The van der Waals surface area contributed by atoms with Gasteiger partial charge in [-0.1, -0.05) is 5.16 Å². The van der Waals surface area contributed by atoms with Crippen LogP contribution in [0.4, 0.5) is 0 Å². The van der Waals surface area contributed by atoms with E-state index in [1.54, 1.807) is 0 Å². The number of hydrogen-bond acceptors (Lipinski definition) is 2. The topological polar surface area (TPSA) is 26.0 Å². The summed E-state index contributed by atoms with van der Waals surface area (Å²) in [6.07, 6.45) is 8.39. The summed E-state index contributed by atoms with van der Waals surface area (Å²) in [7, 11) is 0. The van der Waals surface area contributed by atoms with Crippen molar-refractivity contribution in [1.29, 1.82) is 0 Å². The Morgan fingerprint density at radius 1 is 1.36 bits per heavy atom. The van der Waals surface area contributed by atoms with Crippen LogP contribution in [0.25, 0.3) is 0 Å². The predicted octanol–water partition coefficient (Wildman–Crippen LogP) is 2.04. The molecule has 3 rings (SSSR count). The first-order valence-corrected chi connectivity index (χ1v) is 4.35. The van der Waals surface area contributed by atoms with Crippen molar-refractivity contribution in [2.45, 2.75) is 37.5 Å². The lowest BCUT2D eigenvalue weighted by molar-refractivity contribution is 0.331. The summed E-state index contributed by atoms with van der Waals surface area (Å²) in [6, 6.07) is 0. The van der Waals surface area contributed by atoms with Crippen molar-refractivity contribution in [3.8, 4) is 0 Å². The van der Waals surface area contributed by atoms with Crippen LogP contribution in [0.1, 0.15) is 37.0 Å². The third kappa shape index (κ3) is 0.647. The average molecular weight is 149 g/mol. The van der Waals surface area contributed by atoms with Crippen LogP contribution in [0.15, 0.2) is 10.7 Å². The van der Waals surface area contributed by atoms with Gasteiger partial charge in [0.1, 0.15) is 5.76 Å². The first-order chi connectivity index (χ1) is 5.41. The fraction of sp³-hybridized carbons (Fsp3) is 0.667. The zero-order valence-electron chi connectivity index (χ0n) is 6.47. The van der Waals surface area contributed by atoms with Gasteiger partial charge in [-0.2, -0.15) is 0 Å². The molecule has 2 aliphatic carbocycles. The second-order valence-electron chi connectivity index (χ2n) is 3.81. The molecule has 0 aromatic carbocycles. The molecule has 0 atom stereocenters. The van der Waals surface area contributed by atoms with Gasteiger partial charge in [0.05, 0.1) is 6.20 Å². The van der Waals surface area contributed by atoms with E-state index in [0.717, 1.165) is 0 Å². The highest BCUT2D eigenvalue weighted by atomic mass is 16.5. The SMILES string of the molecule is c1noc2c1CCCC21CC1. The molecule has 11 heavy (non-hydrogen) atoms. The molecule has 0 bridgehead atoms. The van der Waals surface area contributed by atoms with Crippen LogP contribution in [-0.2, 0) is 11.8 Å². The minimum Gasteiger partial charge on any atom is -0.361 e. The van der Waals surface area contributed by atoms with Crippen molar-refractivity contribution < 1.29 is 4.52 Å². The molecule has 1 saturated carbocycles. The lowest BCUT2D eigenvalue weighted by Gasteiger charge is -2.17. The molecule has 58 valence electrons. The second kappa shape index (κ2) is 1.68. The number of aryl methyl sites for hydroxylation is 1. The normalized spacial score (nSPS) is 25.1. The quantitative estimate of drug-likeness (QED) is 0.564. The Hall–Kier alpha value is -0.790. The van der Waals surface area contributed by atoms with Crippen molar-refractivity contribution in [2.75, 3.05) is 0 Å². The van der Waals surface area contributed by atoms with Gasteiger partial charge in [-0.05, 0) is 32.1 Å². The molecule has 0 N–H and O–H groups in total. The zero-order chi connectivity index (χ0) is 7.31. The maximum absolute atomic E-state index is 5.28. The Labute approximate surface area is 65.6 Å². The highest BCUT2D eigenvalue weighted by molar-refractivity contribution is 5.31. The summed E-state index contributed by atoms with van der Waals surface area (Å²) < 4.78 is 5.28. The molecule has 1 aromatic heterocycles. The van der Waals surface area contributed by atoms with Crippen LogP contribution < -0.4 is 0 Å². The fourth-order valence-electron chi connectivity index (χ4n) is 2.23. The van der Waals surface area contributed by atoms with E-state index >= 15 is 0 Å². The molecule has 1 aromatic rings. The van der Waals surface area contributed by atoms with Crippen molar-refractivity contribution in [3.05, 3.63) is 17.5 Å². The van der Waals surface area contributed by atoms with Crippen LogP contribution in [0.2, 0.25) is 0 Å². The molecular weight excluding hydrogens is 138 g/mol. The first kappa shape index (κ1) is 5.81. The molecule has 1 heterocycles. The molecule has 2 nitrogen and oxygen atoms in total. The van der Waals surface area contributed by atoms with Gasteiger partial charge in [-0.3, -0.25) is 0 Å². The summed E-state index contributed by atoms with van der Waals surface area (Å²) in [5, 5.41) is 3.86. The van der Waals surface area contributed by atoms with Gasteiger partial charge in [0.2, 0.25) is 0 Å². The van der Waals surface area contributed by atoms with E-state index in [1.165, 1.54) is 43.4 Å². The third-order valence-electron chi connectivity index (χ3n) is 3.08. The molecule has 0 amide bonds. The van der Waals surface area contributed by atoms with E-state index in [2.05, 4.69) is 5.16 Å². The number of fused-ring (bicyclic) bond motifs is 2. The average Bonchev–Trinajstić information content (AvgIpc) is 2.63. The largest absolute Gasteiger partial charge is 0.361 e. The van der Waals surface area contributed by atoms with Gasteiger partial charge < -0.3 is 4.52 Å². The van der Waals surface area contributed by atoms with Crippen LogP contribution in [-0.4, -0.2) is 5.16 Å². The zero-order valence-corrected chi connectivity index (χ0v) is 6.47. The molecule has 0 unspecified atom stereocenters. The Kier molecular flexibility index (Phi) is 0.888. The number of aromatic nitrogens is 1. The van der Waals surface area contributed by atoms with Crippen molar-refractivity contribution in [3.63, 3.8) is 0 Å². The summed E-state index contributed by atoms with van der Waals surface area (Å²) >= 11 is 0. The Morgan fingerprint density at radius 2 is 2.27 bits per heavy atom. The molecular formula is C9H11NO. The highest BCUT2D eigenvalue weighted by Crippen LogP contribution is 2.55. The lowest BCUT2D eigenvalue weighted by Crippen LogP contribution is -2.13. The van der Waals surface area contributed by atoms with Crippen molar-refractivity contribution in [2.24, 2.45) is 0 Å². The van der Waals surface area contributed by atoms with E-state index < -0.39 is 0 Å². The van der Waals surface area contributed by atoms with Crippen molar-refractivity contribution >= 4 is 0 Å². The van der Waals surface area contributed by atoms with Crippen LogP contribution in [0.5, 0.6) is 0 Å². The predicted molar refractivity (Wildman–Crippen MR) is 40.4 cm³/mol. The summed E-state index contributed by atoms with van der Waals surface area (Å²) in [6.45, 7) is 0. The Bertz CT molecular complexity index is 286. The van der Waals surface area contributed by atoms with Gasteiger partial charge in [0.25, 0.3) is 0 Å². The van der Waals surface area contributed by atoms with E-state index in [0.29, 0.717) is 5.41 Å². The first-order valence-electron chi connectivity index (χ1n) is 4.35. The van der Waals surface area contributed by atoms with E-state index in [1.807, 2.05) is 6.20 Å². The summed E-state index contributed by atoms with van der Waals surface area (Å²) in [5.41, 5.74) is 1.83. The third-order valence-corrected chi connectivity index (χ3v) is 3.08. The molecule has 2 heteroatoms. The lowest BCUT2D eigenvalue weighted by atomic mass is 9.86. The smallest absolute Gasteiger partial charge is 0.146 e. The number of nitrogens with zero attached hydrogens (tertiary/aromatic N) is 1. The molecule has 0 aliphatic heterocycles. The molecule has 1 spiro atoms. The maximum atomic E-state index is 5.28. The van der Waals surface area contributed by atoms with Crippen molar-refractivity contribution in [1.82, 2.24) is 5.16 Å². The van der Waals surface area contributed by atoms with Crippen LogP contribution in [0, 0.1) is 0 Å².